The SMILES string of the molecule is Cc1cc(C=NCc2ccco2)c(O)c(C=NCc2ccco2)c1. The summed E-state index contributed by atoms with van der Waals surface area (Å²) in [4.78, 5) is 8.62. The maximum atomic E-state index is 10.4. The van der Waals surface area contributed by atoms with E-state index in [1.807, 2.05) is 43.3 Å². The third kappa shape index (κ3) is 4.01. The Kier molecular flexibility index (Phi) is 4.91. The zero-order valence-electron chi connectivity index (χ0n) is 13.3. The molecule has 0 unspecified atom stereocenters. The molecule has 0 saturated carbocycles. The molecule has 122 valence electrons. The van der Waals surface area contributed by atoms with E-state index in [4.69, 9.17) is 8.83 Å². The Morgan fingerprint density at radius 3 is 1.83 bits per heavy atom. The van der Waals surface area contributed by atoms with Gasteiger partial charge in [0, 0.05) is 23.6 Å². The average molecular weight is 322 g/mol. The molecule has 1 N–H and O–H groups in total. The molecule has 2 aromatic heterocycles. The number of hydrogen-bond donors (Lipinski definition) is 1. The van der Waals surface area contributed by atoms with Gasteiger partial charge in [-0.2, -0.15) is 0 Å². The number of hydrogen-bond acceptors (Lipinski definition) is 5. The number of benzene rings is 1. The lowest BCUT2D eigenvalue weighted by Crippen LogP contribution is -1.93. The zero-order chi connectivity index (χ0) is 16.8. The van der Waals surface area contributed by atoms with E-state index >= 15 is 0 Å². The van der Waals surface area contributed by atoms with Crippen molar-refractivity contribution in [1.29, 1.82) is 0 Å². The summed E-state index contributed by atoms with van der Waals surface area (Å²) in [6.45, 7) is 2.83. The molecule has 24 heavy (non-hydrogen) atoms. The number of furan rings is 2. The first-order chi connectivity index (χ1) is 11.7. The van der Waals surface area contributed by atoms with Crippen LogP contribution in [-0.4, -0.2) is 17.5 Å². The van der Waals surface area contributed by atoms with Crippen LogP contribution in [0.4, 0.5) is 0 Å². The highest BCUT2D eigenvalue weighted by atomic mass is 16.3. The van der Waals surface area contributed by atoms with Gasteiger partial charge in [-0.25, -0.2) is 0 Å². The summed E-state index contributed by atoms with van der Waals surface area (Å²) >= 11 is 0. The first-order valence-electron chi connectivity index (χ1n) is 7.60. The summed E-state index contributed by atoms with van der Waals surface area (Å²) < 4.78 is 10.5. The van der Waals surface area contributed by atoms with Crippen molar-refractivity contribution in [3.05, 3.63) is 77.1 Å². The molecule has 0 radical (unpaired) electrons. The van der Waals surface area contributed by atoms with Crippen LogP contribution in [0.25, 0.3) is 0 Å². The third-order valence-electron chi connectivity index (χ3n) is 3.43. The van der Waals surface area contributed by atoms with E-state index < -0.39 is 0 Å². The molecule has 0 bridgehead atoms. The first kappa shape index (κ1) is 15.8. The standard InChI is InChI=1S/C19H18N2O3/c1-14-8-15(10-20-12-17-4-2-6-23-17)19(22)16(9-14)11-21-13-18-5-3-7-24-18/h2-11,22H,12-13H2,1H3. The molecule has 3 aromatic rings. The van der Waals surface area contributed by atoms with E-state index in [2.05, 4.69) is 9.98 Å². The van der Waals surface area contributed by atoms with E-state index in [1.165, 1.54) is 0 Å². The minimum atomic E-state index is 0.159. The van der Waals surface area contributed by atoms with Crippen LogP contribution in [0.3, 0.4) is 0 Å². The van der Waals surface area contributed by atoms with Gasteiger partial charge in [0.25, 0.3) is 0 Å². The second-order valence-corrected chi connectivity index (χ2v) is 5.39. The highest BCUT2D eigenvalue weighted by Gasteiger charge is 2.06. The fourth-order valence-corrected chi connectivity index (χ4v) is 2.31. The second-order valence-electron chi connectivity index (χ2n) is 5.39. The number of nitrogens with zero attached hydrogens (tertiary/aromatic N) is 2. The van der Waals surface area contributed by atoms with Crippen molar-refractivity contribution in [2.24, 2.45) is 9.98 Å². The Bertz CT molecular complexity index is 764. The van der Waals surface area contributed by atoms with Crippen molar-refractivity contribution in [1.82, 2.24) is 0 Å². The number of aliphatic imine (C=N–C) groups is 2. The summed E-state index contributed by atoms with van der Waals surface area (Å²) in [5.74, 6) is 1.71. The molecule has 0 saturated heterocycles. The molecule has 0 atom stereocenters. The van der Waals surface area contributed by atoms with E-state index in [1.54, 1.807) is 25.0 Å². The van der Waals surface area contributed by atoms with E-state index in [0.29, 0.717) is 24.2 Å². The molecule has 2 heterocycles. The van der Waals surface area contributed by atoms with Crippen LogP contribution < -0.4 is 0 Å². The van der Waals surface area contributed by atoms with Crippen LogP contribution in [0, 0.1) is 6.92 Å². The number of phenolic OH excluding ortho intramolecular Hbond substituents is 1. The molecule has 0 spiro atoms. The molecule has 0 fully saturated rings. The fourth-order valence-electron chi connectivity index (χ4n) is 2.31. The Labute approximate surface area is 140 Å². The summed E-state index contributed by atoms with van der Waals surface area (Å²) in [5.41, 5.74) is 2.33. The Balaban J connectivity index is 1.74. The summed E-state index contributed by atoms with van der Waals surface area (Å²) in [6.07, 6.45) is 6.52. The molecule has 3 rings (SSSR count). The molecular formula is C19H18N2O3. The lowest BCUT2D eigenvalue weighted by molar-refractivity contribution is 0.473. The lowest BCUT2D eigenvalue weighted by Gasteiger charge is -2.05. The molecule has 0 amide bonds. The van der Waals surface area contributed by atoms with Crippen molar-refractivity contribution in [2.75, 3.05) is 0 Å². The van der Waals surface area contributed by atoms with Gasteiger partial charge in [0.1, 0.15) is 17.3 Å². The van der Waals surface area contributed by atoms with Crippen molar-refractivity contribution >= 4 is 12.4 Å². The second kappa shape index (κ2) is 7.46. The number of phenols is 1. The number of rotatable bonds is 6. The first-order valence-corrected chi connectivity index (χ1v) is 7.60. The van der Waals surface area contributed by atoms with Gasteiger partial charge >= 0.3 is 0 Å². The largest absolute Gasteiger partial charge is 0.507 e. The van der Waals surface area contributed by atoms with Crippen LogP contribution in [0.5, 0.6) is 5.75 Å². The lowest BCUT2D eigenvalue weighted by atomic mass is 10.1. The van der Waals surface area contributed by atoms with E-state index in [0.717, 1.165) is 17.1 Å². The molecule has 5 nitrogen and oxygen atoms in total. The minimum Gasteiger partial charge on any atom is -0.507 e. The van der Waals surface area contributed by atoms with Gasteiger partial charge in [0.05, 0.1) is 25.6 Å². The molecule has 0 aliphatic rings. The van der Waals surface area contributed by atoms with Crippen molar-refractivity contribution < 1.29 is 13.9 Å². The topological polar surface area (TPSA) is 71.2 Å². The minimum absolute atomic E-state index is 0.159. The van der Waals surface area contributed by atoms with E-state index in [-0.39, 0.29) is 5.75 Å². The van der Waals surface area contributed by atoms with Gasteiger partial charge < -0.3 is 13.9 Å². The van der Waals surface area contributed by atoms with Crippen LogP contribution >= 0.6 is 0 Å². The summed E-state index contributed by atoms with van der Waals surface area (Å²) in [5, 5.41) is 10.4. The van der Waals surface area contributed by atoms with Gasteiger partial charge in [-0.15, -0.1) is 0 Å². The van der Waals surface area contributed by atoms with E-state index in [9.17, 15) is 5.11 Å². The highest BCUT2D eigenvalue weighted by molar-refractivity contribution is 5.92. The van der Waals surface area contributed by atoms with Crippen molar-refractivity contribution in [2.45, 2.75) is 20.0 Å². The quantitative estimate of drug-likeness (QED) is 0.694. The normalized spacial score (nSPS) is 11.7. The highest BCUT2D eigenvalue weighted by Crippen LogP contribution is 2.22. The van der Waals surface area contributed by atoms with Crippen LogP contribution in [0.15, 0.2) is 67.7 Å². The maximum Gasteiger partial charge on any atom is 0.133 e. The maximum absolute atomic E-state index is 10.4. The number of aromatic hydroxyl groups is 1. The van der Waals surface area contributed by atoms with Gasteiger partial charge in [-0.1, -0.05) is 0 Å². The van der Waals surface area contributed by atoms with Crippen molar-refractivity contribution in [3.63, 3.8) is 0 Å². The Morgan fingerprint density at radius 1 is 0.917 bits per heavy atom. The molecule has 1 aromatic carbocycles. The average Bonchev–Trinajstić information content (AvgIpc) is 3.25. The smallest absolute Gasteiger partial charge is 0.133 e. The Hall–Kier alpha value is -3.08. The third-order valence-corrected chi connectivity index (χ3v) is 3.43. The zero-order valence-corrected chi connectivity index (χ0v) is 13.3. The van der Waals surface area contributed by atoms with Crippen LogP contribution in [0.2, 0.25) is 0 Å². The van der Waals surface area contributed by atoms with Crippen LogP contribution in [-0.2, 0) is 13.1 Å². The van der Waals surface area contributed by atoms with Gasteiger partial charge in [0.15, 0.2) is 0 Å². The Morgan fingerprint density at radius 2 is 1.42 bits per heavy atom. The predicted molar refractivity (Wildman–Crippen MR) is 92.9 cm³/mol. The van der Waals surface area contributed by atoms with Crippen molar-refractivity contribution in [3.8, 4) is 5.75 Å². The monoisotopic (exact) mass is 322 g/mol. The fraction of sp³-hybridized carbons (Fsp3) is 0.158. The molecule has 0 aliphatic heterocycles. The van der Waals surface area contributed by atoms with Crippen LogP contribution in [0.1, 0.15) is 28.2 Å². The molecular weight excluding hydrogens is 304 g/mol. The predicted octanol–water partition coefficient (Wildman–Crippen LogP) is 4.12. The van der Waals surface area contributed by atoms with Gasteiger partial charge in [0.2, 0.25) is 0 Å². The molecule has 5 heteroatoms. The van der Waals surface area contributed by atoms with Gasteiger partial charge in [-0.05, 0) is 48.9 Å². The summed E-state index contributed by atoms with van der Waals surface area (Å²) in [6, 6.07) is 11.1. The van der Waals surface area contributed by atoms with Gasteiger partial charge in [-0.3, -0.25) is 9.98 Å². The number of aryl methyl sites for hydroxylation is 1. The molecule has 0 aliphatic carbocycles. The summed E-state index contributed by atoms with van der Waals surface area (Å²) in [7, 11) is 0.